The Morgan fingerprint density at radius 3 is 1.34 bits per heavy atom. The number of thiophene rings is 2. The van der Waals surface area contributed by atoms with Crippen molar-refractivity contribution in [1.29, 1.82) is 0 Å². The number of nitrogens with two attached hydrogens (primary N) is 2. The maximum atomic E-state index is 12.7. The lowest BCUT2D eigenvalue weighted by atomic mass is 10.1. The topological polar surface area (TPSA) is 144 Å². The van der Waals surface area contributed by atoms with E-state index in [-0.39, 0.29) is 31.1 Å². The molecular formula is C31H32N4O4S2. The highest BCUT2D eigenvalue weighted by Crippen LogP contribution is 2.36. The second kappa shape index (κ2) is 13.4. The number of carbonyl (C=O) groups excluding carboxylic acids is 4. The van der Waals surface area contributed by atoms with Gasteiger partial charge in [0.2, 0.25) is 11.8 Å². The van der Waals surface area contributed by atoms with Gasteiger partial charge in [0.15, 0.2) is 0 Å². The van der Waals surface area contributed by atoms with Crippen LogP contribution >= 0.6 is 22.7 Å². The quantitative estimate of drug-likeness (QED) is 0.172. The van der Waals surface area contributed by atoms with Crippen LogP contribution in [-0.2, 0) is 22.4 Å². The first-order chi connectivity index (χ1) is 19.6. The van der Waals surface area contributed by atoms with Gasteiger partial charge in [0, 0.05) is 35.4 Å². The smallest absolute Gasteiger partial charge is 0.251 e. The van der Waals surface area contributed by atoms with Crippen molar-refractivity contribution in [3.63, 3.8) is 0 Å². The van der Waals surface area contributed by atoms with Gasteiger partial charge in [0.25, 0.3) is 11.8 Å². The van der Waals surface area contributed by atoms with Crippen LogP contribution in [0, 0.1) is 13.8 Å². The Bertz CT molecular complexity index is 1460. The highest BCUT2D eigenvalue weighted by atomic mass is 32.1. The third-order valence-corrected chi connectivity index (χ3v) is 9.13. The predicted molar refractivity (Wildman–Crippen MR) is 165 cm³/mol. The first-order valence-electron chi connectivity index (χ1n) is 13.2. The number of hydrogen-bond donors (Lipinski definition) is 4. The molecule has 2 aromatic heterocycles. The van der Waals surface area contributed by atoms with Crippen molar-refractivity contribution >= 4 is 56.3 Å². The van der Waals surface area contributed by atoms with E-state index in [0.29, 0.717) is 34.0 Å². The molecule has 0 saturated carbocycles. The predicted octanol–water partition coefficient (Wildman–Crippen LogP) is 5.55. The number of anilines is 2. The standard InChI is InChI=1S/C31H32N4O4S2/c1-18-22(16-20-10-5-3-6-11-20)40-30(26(18)28(32)38)34-24(36)14-9-15-25(37)35-31-27(29(33)39)19(2)23(41-31)17-21-12-7-4-8-13-21/h3-8,10-13H,9,14-17H2,1-2H3,(H2,32,38)(H2,33,39)(H,34,36)(H,35,37). The Morgan fingerprint density at radius 2 is 1.00 bits per heavy atom. The molecule has 2 aromatic carbocycles. The molecule has 0 radical (unpaired) electrons. The van der Waals surface area contributed by atoms with Crippen molar-refractivity contribution in [2.45, 2.75) is 46.0 Å². The number of carbonyl (C=O) groups is 4. The minimum absolute atomic E-state index is 0.0714. The molecule has 0 aliphatic heterocycles. The van der Waals surface area contributed by atoms with E-state index < -0.39 is 11.8 Å². The molecule has 10 heteroatoms. The van der Waals surface area contributed by atoms with Crippen LogP contribution in [0.2, 0.25) is 0 Å². The van der Waals surface area contributed by atoms with Crippen molar-refractivity contribution in [3.05, 3.63) is 104 Å². The van der Waals surface area contributed by atoms with Crippen LogP contribution in [0.3, 0.4) is 0 Å². The van der Waals surface area contributed by atoms with Gasteiger partial charge >= 0.3 is 0 Å². The normalized spacial score (nSPS) is 10.8. The fourth-order valence-electron chi connectivity index (χ4n) is 4.58. The van der Waals surface area contributed by atoms with Gasteiger partial charge in [-0.05, 0) is 42.5 Å². The van der Waals surface area contributed by atoms with Crippen molar-refractivity contribution in [2.75, 3.05) is 10.6 Å². The number of nitrogens with one attached hydrogen (secondary N) is 2. The molecular weight excluding hydrogens is 556 g/mol. The SMILES string of the molecule is Cc1c(Cc2ccccc2)sc(NC(=O)CCCC(=O)Nc2sc(Cc3ccccc3)c(C)c2C(N)=O)c1C(N)=O. The Balaban J connectivity index is 1.35. The van der Waals surface area contributed by atoms with Crippen molar-refractivity contribution < 1.29 is 19.2 Å². The monoisotopic (exact) mass is 588 g/mol. The molecule has 4 aromatic rings. The number of rotatable bonds is 12. The molecule has 41 heavy (non-hydrogen) atoms. The summed E-state index contributed by atoms with van der Waals surface area (Å²) in [5.74, 6) is -1.84. The summed E-state index contributed by atoms with van der Waals surface area (Å²) in [6.45, 7) is 3.65. The number of benzene rings is 2. The summed E-state index contributed by atoms with van der Waals surface area (Å²) in [5, 5.41) is 6.45. The van der Waals surface area contributed by atoms with E-state index in [0.717, 1.165) is 32.0 Å². The van der Waals surface area contributed by atoms with E-state index in [1.165, 1.54) is 22.7 Å². The molecule has 0 atom stereocenters. The van der Waals surface area contributed by atoms with Gasteiger partial charge in [0.05, 0.1) is 11.1 Å². The average Bonchev–Trinajstić information content (AvgIpc) is 3.39. The van der Waals surface area contributed by atoms with Crippen LogP contribution in [0.1, 0.15) is 72.0 Å². The van der Waals surface area contributed by atoms with Crippen LogP contribution in [0.25, 0.3) is 0 Å². The molecule has 2 heterocycles. The van der Waals surface area contributed by atoms with E-state index in [1.54, 1.807) is 0 Å². The Hall–Kier alpha value is -4.28. The number of amides is 4. The van der Waals surface area contributed by atoms with Gasteiger partial charge in [-0.15, -0.1) is 22.7 Å². The van der Waals surface area contributed by atoms with Gasteiger partial charge < -0.3 is 22.1 Å². The van der Waals surface area contributed by atoms with Gasteiger partial charge in [0.1, 0.15) is 10.0 Å². The van der Waals surface area contributed by atoms with E-state index in [9.17, 15) is 19.2 Å². The Morgan fingerprint density at radius 1 is 0.634 bits per heavy atom. The van der Waals surface area contributed by atoms with E-state index in [4.69, 9.17) is 11.5 Å². The van der Waals surface area contributed by atoms with Crippen LogP contribution in [-0.4, -0.2) is 23.6 Å². The summed E-state index contributed by atoms with van der Waals surface area (Å²) < 4.78 is 0. The fourth-order valence-corrected chi connectivity index (χ4v) is 7.10. The molecule has 0 saturated heterocycles. The van der Waals surface area contributed by atoms with Gasteiger partial charge in [-0.25, -0.2) is 0 Å². The van der Waals surface area contributed by atoms with E-state index in [1.807, 2.05) is 74.5 Å². The molecule has 212 valence electrons. The first-order valence-corrected chi connectivity index (χ1v) is 14.8. The molecule has 0 fully saturated rings. The molecule has 0 spiro atoms. The highest BCUT2D eigenvalue weighted by Gasteiger charge is 2.22. The zero-order valence-electron chi connectivity index (χ0n) is 22.9. The minimum atomic E-state index is -0.601. The largest absolute Gasteiger partial charge is 0.365 e. The van der Waals surface area contributed by atoms with Crippen molar-refractivity contribution in [1.82, 2.24) is 0 Å². The fraction of sp³-hybridized carbons (Fsp3) is 0.226. The van der Waals surface area contributed by atoms with Crippen LogP contribution < -0.4 is 22.1 Å². The van der Waals surface area contributed by atoms with Crippen LogP contribution in [0.4, 0.5) is 10.0 Å². The van der Waals surface area contributed by atoms with Gasteiger partial charge in [-0.2, -0.15) is 0 Å². The Labute approximate surface area is 246 Å². The summed E-state index contributed by atoms with van der Waals surface area (Å²) >= 11 is 2.67. The Kier molecular flexibility index (Phi) is 9.69. The van der Waals surface area contributed by atoms with Crippen LogP contribution in [0.15, 0.2) is 60.7 Å². The maximum absolute atomic E-state index is 12.7. The highest BCUT2D eigenvalue weighted by molar-refractivity contribution is 7.17. The summed E-state index contributed by atoms with van der Waals surface area (Å²) in [6, 6.07) is 19.7. The van der Waals surface area contributed by atoms with Crippen molar-refractivity contribution in [3.8, 4) is 0 Å². The molecule has 0 unspecified atom stereocenters. The molecule has 4 amide bonds. The number of primary amides is 2. The first kappa shape index (κ1) is 29.7. The van der Waals surface area contributed by atoms with Crippen LogP contribution in [0.5, 0.6) is 0 Å². The van der Waals surface area contributed by atoms with E-state index in [2.05, 4.69) is 10.6 Å². The summed E-state index contributed by atoms with van der Waals surface area (Å²) in [7, 11) is 0. The van der Waals surface area contributed by atoms with E-state index >= 15 is 0 Å². The third-order valence-electron chi connectivity index (χ3n) is 6.71. The molecule has 8 nitrogen and oxygen atoms in total. The minimum Gasteiger partial charge on any atom is -0.365 e. The molecule has 0 bridgehead atoms. The summed E-state index contributed by atoms with van der Waals surface area (Å²) in [4.78, 5) is 51.7. The number of hydrogen-bond acceptors (Lipinski definition) is 6. The third kappa shape index (κ3) is 7.47. The molecule has 4 rings (SSSR count). The maximum Gasteiger partial charge on any atom is 0.251 e. The molecule has 6 N–H and O–H groups in total. The lowest BCUT2D eigenvalue weighted by Gasteiger charge is -2.06. The van der Waals surface area contributed by atoms with Crippen molar-refractivity contribution in [2.24, 2.45) is 11.5 Å². The lowest BCUT2D eigenvalue weighted by molar-refractivity contribution is -0.117. The molecule has 0 aliphatic rings. The zero-order chi connectivity index (χ0) is 29.5. The zero-order valence-corrected chi connectivity index (χ0v) is 24.5. The van der Waals surface area contributed by atoms with Gasteiger partial charge in [-0.1, -0.05) is 60.7 Å². The average molecular weight is 589 g/mol. The molecule has 0 aliphatic carbocycles. The lowest BCUT2D eigenvalue weighted by Crippen LogP contribution is -2.19. The second-order valence-corrected chi connectivity index (χ2v) is 11.9. The second-order valence-electron chi connectivity index (χ2n) is 9.71. The summed E-state index contributed by atoms with van der Waals surface area (Å²) in [5.41, 5.74) is 15.6. The van der Waals surface area contributed by atoms with Gasteiger partial charge in [-0.3, -0.25) is 19.2 Å². The summed E-state index contributed by atoms with van der Waals surface area (Å²) in [6.07, 6.45) is 1.66.